The third-order valence-electron chi connectivity index (χ3n) is 3.11. The van der Waals surface area contributed by atoms with Gasteiger partial charge in [-0.15, -0.1) is 11.3 Å². The third-order valence-corrected chi connectivity index (χ3v) is 5.75. The van der Waals surface area contributed by atoms with Crippen molar-refractivity contribution in [1.29, 1.82) is 0 Å². The Kier molecular flexibility index (Phi) is 5.52. The number of hydrogen-bond acceptors (Lipinski definition) is 4. The normalized spacial score (nSPS) is 19.4. The fraction of sp³-hybridized carbons (Fsp3) is 0.714. The van der Waals surface area contributed by atoms with Gasteiger partial charge in [0.1, 0.15) is 20.6 Å². The van der Waals surface area contributed by atoms with E-state index in [1.165, 1.54) is 15.5 Å². The van der Waals surface area contributed by atoms with Crippen molar-refractivity contribution >= 4 is 30.9 Å². The summed E-state index contributed by atoms with van der Waals surface area (Å²) in [7, 11) is 2.27. The molecule has 2 heterocycles. The Morgan fingerprint density at radius 1 is 1.47 bits per heavy atom. The van der Waals surface area contributed by atoms with Crippen molar-refractivity contribution in [2.24, 2.45) is 0 Å². The molecule has 0 saturated heterocycles. The van der Waals surface area contributed by atoms with Crippen molar-refractivity contribution in [3.05, 3.63) is 9.75 Å². The highest BCUT2D eigenvalue weighted by molar-refractivity contribution is 7.99. The fourth-order valence-electron chi connectivity index (χ4n) is 2.14. The SMILES string of the molecule is BC(C)CSCCC1COc2c(C)sc(CC)c2O1. The molecule has 0 amide bonds. The lowest BCUT2D eigenvalue weighted by Crippen LogP contribution is -2.29. The summed E-state index contributed by atoms with van der Waals surface area (Å²) in [5.74, 6) is 5.18. The first-order valence-corrected chi connectivity index (χ1v) is 9.08. The van der Waals surface area contributed by atoms with Gasteiger partial charge < -0.3 is 9.47 Å². The van der Waals surface area contributed by atoms with E-state index in [0.29, 0.717) is 6.61 Å². The van der Waals surface area contributed by atoms with Crippen LogP contribution in [0.4, 0.5) is 0 Å². The number of thioether (sulfide) groups is 1. The van der Waals surface area contributed by atoms with Gasteiger partial charge in [0.2, 0.25) is 0 Å². The van der Waals surface area contributed by atoms with Gasteiger partial charge in [0.05, 0.1) is 4.88 Å². The summed E-state index contributed by atoms with van der Waals surface area (Å²) in [5, 5.41) is 0. The molecule has 2 rings (SSSR count). The van der Waals surface area contributed by atoms with Gasteiger partial charge in [0.25, 0.3) is 0 Å². The van der Waals surface area contributed by atoms with Gasteiger partial charge in [0, 0.05) is 4.88 Å². The molecule has 5 heteroatoms. The number of rotatable bonds is 6. The summed E-state index contributed by atoms with van der Waals surface area (Å²) in [6, 6.07) is 0. The molecule has 0 aromatic carbocycles. The van der Waals surface area contributed by atoms with E-state index in [0.717, 1.165) is 35.9 Å². The molecule has 0 aliphatic carbocycles. The van der Waals surface area contributed by atoms with E-state index >= 15 is 0 Å². The number of fused-ring (bicyclic) bond motifs is 1. The van der Waals surface area contributed by atoms with E-state index in [4.69, 9.17) is 9.47 Å². The average molecular weight is 298 g/mol. The Labute approximate surface area is 125 Å². The van der Waals surface area contributed by atoms with Crippen molar-refractivity contribution in [2.75, 3.05) is 18.1 Å². The molecule has 0 fully saturated rings. The zero-order valence-corrected chi connectivity index (χ0v) is 14.0. The predicted octanol–water partition coefficient (Wildman–Crippen LogP) is 3.32. The molecule has 1 aliphatic heterocycles. The van der Waals surface area contributed by atoms with Crippen LogP contribution in [0.5, 0.6) is 11.5 Å². The average Bonchev–Trinajstić information content (AvgIpc) is 2.71. The second-order valence-corrected chi connectivity index (χ2v) is 7.86. The molecular formula is C14H23BO2S2. The van der Waals surface area contributed by atoms with Gasteiger partial charge in [-0.3, -0.25) is 0 Å². The predicted molar refractivity (Wildman–Crippen MR) is 88.3 cm³/mol. The van der Waals surface area contributed by atoms with E-state index in [2.05, 4.69) is 28.6 Å². The lowest BCUT2D eigenvalue weighted by atomic mass is 9.92. The van der Waals surface area contributed by atoms with Crippen LogP contribution in [-0.2, 0) is 6.42 Å². The van der Waals surface area contributed by atoms with E-state index < -0.39 is 0 Å². The minimum atomic E-state index is 0.228. The van der Waals surface area contributed by atoms with Crippen LogP contribution < -0.4 is 9.47 Å². The molecule has 1 aromatic heterocycles. The highest BCUT2D eigenvalue weighted by Gasteiger charge is 2.26. The fourth-order valence-corrected chi connectivity index (χ4v) is 4.20. The van der Waals surface area contributed by atoms with Gasteiger partial charge in [-0.05, 0) is 31.3 Å². The summed E-state index contributed by atoms with van der Waals surface area (Å²) in [6.07, 6.45) is 2.33. The largest absolute Gasteiger partial charge is 0.485 e. The van der Waals surface area contributed by atoms with Gasteiger partial charge in [-0.2, -0.15) is 11.8 Å². The first-order valence-electron chi connectivity index (χ1n) is 7.11. The molecule has 0 spiro atoms. The topological polar surface area (TPSA) is 18.5 Å². The molecule has 2 unspecified atom stereocenters. The summed E-state index contributed by atoms with van der Waals surface area (Å²) in [4.78, 5) is 2.58. The van der Waals surface area contributed by atoms with E-state index in [9.17, 15) is 0 Å². The molecule has 1 aliphatic rings. The highest BCUT2D eigenvalue weighted by atomic mass is 32.2. The number of aryl methyl sites for hydroxylation is 2. The number of thiophene rings is 1. The van der Waals surface area contributed by atoms with Crippen LogP contribution in [0.1, 0.15) is 30.0 Å². The van der Waals surface area contributed by atoms with E-state index in [1.54, 1.807) is 0 Å². The van der Waals surface area contributed by atoms with Gasteiger partial charge in [-0.1, -0.05) is 19.7 Å². The Morgan fingerprint density at radius 2 is 2.26 bits per heavy atom. The zero-order valence-electron chi connectivity index (χ0n) is 12.3. The van der Waals surface area contributed by atoms with Crippen LogP contribution in [-0.4, -0.2) is 32.1 Å². The van der Waals surface area contributed by atoms with E-state index in [1.807, 2.05) is 23.1 Å². The van der Waals surface area contributed by atoms with E-state index in [-0.39, 0.29) is 6.10 Å². The van der Waals surface area contributed by atoms with Crippen molar-refractivity contribution in [3.8, 4) is 11.5 Å². The first kappa shape index (κ1) is 15.1. The molecular weight excluding hydrogens is 275 g/mol. The minimum Gasteiger partial charge on any atom is -0.485 e. The highest BCUT2D eigenvalue weighted by Crippen LogP contribution is 2.44. The van der Waals surface area contributed by atoms with Crippen molar-refractivity contribution in [3.63, 3.8) is 0 Å². The molecule has 2 atom stereocenters. The minimum absolute atomic E-state index is 0.228. The Morgan fingerprint density at radius 3 is 2.95 bits per heavy atom. The second-order valence-electron chi connectivity index (χ2n) is 5.40. The maximum atomic E-state index is 6.15. The van der Waals surface area contributed by atoms with Gasteiger partial charge >= 0.3 is 0 Å². The van der Waals surface area contributed by atoms with Crippen LogP contribution in [0.3, 0.4) is 0 Å². The van der Waals surface area contributed by atoms with Gasteiger partial charge in [0.15, 0.2) is 11.5 Å². The smallest absolute Gasteiger partial charge is 0.175 e. The molecule has 2 nitrogen and oxygen atoms in total. The van der Waals surface area contributed by atoms with Crippen molar-refractivity contribution in [1.82, 2.24) is 0 Å². The number of ether oxygens (including phenoxy) is 2. The summed E-state index contributed by atoms with van der Waals surface area (Å²) < 4.78 is 12.1. The molecule has 0 N–H and O–H groups in total. The molecule has 0 bridgehead atoms. The van der Waals surface area contributed by atoms with Crippen molar-refractivity contribution in [2.45, 2.75) is 45.5 Å². The first-order chi connectivity index (χ1) is 9.11. The van der Waals surface area contributed by atoms with Crippen molar-refractivity contribution < 1.29 is 9.47 Å². The summed E-state index contributed by atoms with van der Waals surface area (Å²) in [5.41, 5.74) is 0. The Hall–Kier alpha value is -0.285. The van der Waals surface area contributed by atoms with Gasteiger partial charge in [-0.25, -0.2) is 0 Å². The van der Waals surface area contributed by atoms with Crippen LogP contribution >= 0.6 is 23.1 Å². The standard InChI is InChI=1S/C14H23BO2S2/c1-4-12-14-13(10(3)19-12)16-7-11(17-14)5-6-18-8-9(2)15/h9,11H,4-8,15H2,1-3H3. The van der Waals surface area contributed by atoms with Crippen LogP contribution in [0.15, 0.2) is 0 Å². The summed E-state index contributed by atoms with van der Waals surface area (Å²) in [6.45, 7) is 7.26. The molecule has 106 valence electrons. The lowest BCUT2D eigenvalue weighted by molar-refractivity contribution is 0.0890. The summed E-state index contributed by atoms with van der Waals surface area (Å²) >= 11 is 3.83. The van der Waals surface area contributed by atoms with Crippen LogP contribution in [0, 0.1) is 6.92 Å². The molecule has 0 saturated carbocycles. The number of hydrogen-bond donors (Lipinski definition) is 0. The third kappa shape index (κ3) is 3.85. The monoisotopic (exact) mass is 298 g/mol. The molecule has 0 radical (unpaired) electrons. The maximum Gasteiger partial charge on any atom is 0.175 e. The quantitative estimate of drug-likeness (QED) is 0.593. The van der Waals surface area contributed by atoms with Crippen LogP contribution in [0.25, 0.3) is 0 Å². The maximum absolute atomic E-state index is 6.15. The Bertz CT molecular complexity index is 418. The van der Waals surface area contributed by atoms with Crippen LogP contribution in [0.2, 0.25) is 5.82 Å². The Balaban J connectivity index is 1.87. The zero-order chi connectivity index (χ0) is 13.8. The second kappa shape index (κ2) is 6.93. The molecule has 19 heavy (non-hydrogen) atoms. The molecule has 1 aromatic rings. The lowest BCUT2D eigenvalue weighted by Gasteiger charge is -2.25.